The molecule has 0 aromatic carbocycles. The van der Waals surface area contributed by atoms with E-state index in [-0.39, 0.29) is 5.92 Å². The molecule has 2 heterocycles. The summed E-state index contributed by atoms with van der Waals surface area (Å²) in [4.78, 5) is 15.9. The van der Waals surface area contributed by atoms with Gasteiger partial charge >= 0.3 is 5.97 Å². The molecule has 0 aromatic rings. The molecule has 0 radical (unpaired) electrons. The van der Waals surface area contributed by atoms with E-state index in [1.807, 2.05) is 0 Å². The van der Waals surface area contributed by atoms with E-state index in [9.17, 15) is 4.79 Å². The molecule has 1 aliphatic carbocycles. The summed E-state index contributed by atoms with van der Waals surface area (Å²) in [5, 5.41) is 8.88. The Balaban J connectivity index is 1.48. The Morgan fingerprint density at radius 1 is 1.31 bits per heavy atom. The van der Waals surface area contributed by atoms with Crippen molar-refractivity contribution in [3.8, 4) is 0 Å². The van der Waals surface area contributed by atoms with E-state index in [1.165, 1.54) is 32.5 Å². The molecule has 3 atom stereocenters. The second-order valence-corrected chi connectivity index (χ2v) is 5.53. The zero-order valence-corrected chi connectivity index (χ0v) is 9.64. The first kappa shape index (κ1) is 10.5. The van der Waals surface area contributed by atoms with E-state index in [4.69, 9.17) is 5.11 Å². The molecule has 0 amide bonds. The number of carboxylic acids is 1. The van der Waals surface area contributed by atoms with Crippen molar-refractivity contribution in [1.29, 1.82) is 0 Å². The topological polar surface area (TPSA) is 43.8 Å². The lowest BCUT2D eigenvalue weighted by molar-refractivity contribution is -0.138. The maximum Gasteiger partial charge on any atom is 0.306 e. The lowest BCUT2D eigenvalue weighted by Gasteiger charge is -2.37. The minimum Gasteiger partial charge on any atom is -0.481 e. The number of fused-ring (bicyclic) bond motifs is 1. The van der Waals surface area contributed by atoms with Crippen LogP contribution in [0.1, 0.15) is 19.3 Å². The Morgan fingerprint density at radius 2 is 2.19 bits per heavy atom. The van der Waals surface area contributed by atoms with Crippen LogP contribution in [0.3, 0.4) is 0 Å². The second kappa shape index (κ2) is 4.00. The van der Waals surface area contributed by atoms with Crippen molar-refractivity contribution >= 4 is 5.97 Å². The first-order valence-corrected chi connectivity index (χ1v) is 6.43. The van der Waals surface area contributed by atoms with Gasteiger partial charge in [0.2, 0.25) is 0 Å². The molecule has 0 bridgehead atoms. The van der Waals surface area contributed by atoms with Gasteiger partial charge in [0.15, 0.2) is 0 Å². The van der Waals surface area contributed by atoms with Gasteiger partial charge in [-0.3, -0.25) is 9.69 Å². The van der Waals surface area contributed by atoms with E-state index in [2.05, 4.69) is 9.80 Å². The van der Waals surface area contributed by atoms with Crippen LogP contribution in [-0.4, -0.2) is 59.6 Å². The molecule has 1 N–H and O–H groups in total. The molecule has 1 saturated carbocycles. The lowest BCUT2D eigenvalue weighted by atomic mass is 10.1. The van der Waals surface area contributed by atoms with Crippen molar-refractivity contribution in [2.75, 3.05) is 32.7 Å². The first-order chi connectivity index (χ1) is 7.74. The highest BCUT2D eigenvalue weighted by Gasteiger charge is 2.44. The highest BCUT2D eigenvalue weighted by Crippen LogP contribution is 2.39. The Labute approximate surface area is 96.2 Å². The molecular weight excluding hydrogens is 204 g/mol. The van der Waals surface area contributed by atoms with E-state index >= 15 is 0 Å². The highest BCUT2D eigenvalue weighted by molar-refractivity contribution is 5.73. The van der Waals surface area contributed by atoms with Gasteiger partial charge in [-0.1, -0.05) is 0 Å². The summed E-state index contributed by atoms with van der Waals surface area (Å²) in [6.45, 7) is 5.79. The second-order valence-electron chi connectivity index (χ2n) is 5.53. The number of aliphatic carboxylic acids is 1. The molecule has 90 valence electrons. The summed E-state index contributed by atoms with van der Waals surface area (Å²) < 4.78 is 0. The molecule has 3 aliphatic rings. The van der Waals surface area contributed by atoms with Crippen molar-refractivity contribution < 1.29 is 9.90 Å². The third-order valence-corrected chi connectivity index (χ3v) is 4.40. The molecule has 16 heavy (non-hydrogen) atoms. The Hall–Kier alpha value is -0.610. The van der Waals surface area contributed by atoms with Gasteiger partial charge in [0.05, 0.1) is 5.92 Å². The number of piperazine rings is 1. The summed E-state index contributed by atoms with van der Waals surface area (Å²) in [5.41, 5.74) is 0. The van der Waals surface area contributed by atoms with Crippen molar-refractivity contribution in [3.63, 3.8) is 0 Å². The highest BCUT2D eigenvalue weighted by atomic mass is 16.4. The molecular formula is C12H20N2O2. The minimum absolute atomic E-state index is 0.0402. The molecule has 2 saturated heterocycles. The van der Waals surface area contributed by atoms with Crippen LogP contribution >= 0.6 is 0 Å². The van der Waals surface area contributed by atoms with Crippen LogP contribution in [0, 0.1) is 11.8 Å². The Kier molecular flexibility index (Phi) is 2.64. The number of nitrogens with zero attached hydrogens (tertiary/aromatic N) is 2. The lowest BCUT2D eigenvalue weighted by Crippen LogP contribution is -2.50. The number of hydrogen-bond acceptors (Lipinski definition) is 3. The predicted octanol–water partition coefficient (Wildman–Crippen LogP) is 0.487. The summed E-state index contributed by atoms with van der Waals surface area (Å²) in [6, 6.07) is 0.760. The third kappa shape index (κ3) is 1.96. The maximum atomic E-state index is 10.8. The van der Waals surface area contributed by atoms with E-state index < -0.39 is 5.97 Å². The zero-order chi connectivity index (χ0) is 11.1. The van der Waals surface area contributed by atoms with Crippen LogP contribution in [0.4, 0.5) is 0 Å². The number of hydrogen-bond donors (Lipinski definition) is 1. The molecule has 3 rings (SSSR count). The van der Waals surface area contributed by atoms with Crippen molar-refractivity contribution in [2.45, 2.75) is 25.3 Å². The quantitative estimate of drug-likeness (QED) is 0.757. The van der Waals surface area contributed by atoms with Gasteiger partial charge in [-0.25, -0.2) is 0 Å². The van der Waals surface area contributed by atoms with Gasteiger partial charge < -0.3 is 10.0 Å². The van der Waals surface area contributed by atoms with Crippen molar-refractivity contribution in [3.05, 3.63) is 0 Å². The Bertz CT molecular complexity index is 295. The monoisotopic (exact) mass is 224 g/mol. The van der Waals surface area contributed by atoms with Gasteiger partial charge in [-0.15, -0.1) is 0 Å². The zero-order valence-electron chi connectivity index (χ0n) is 9.64. The maximum absolute atomic E-state index is 10.8. The van der Waals surface area contributed by atoms with Crippen LogP contribution in [0.2, 0.25) is 0 Å². The van der Waals surface area contributed by atoms with Crippen LogP contribution in [-0.2, 0) is 4.79 Å². The summed E-state index contributed by atoms with van der Waals surface area (Å²) >= 11 is 0. The Morgan fingerprint density at radius 3 is 2.94 bits per heavy atom. The van der Waals surface area contributed by atoms with Gasteiger partial charge in [0.25, 0.3) is 0 Å². The van der Waals surface area contributed by atoms with Gasteiger partial charge in [-0.05, 0) is 31.7 Å². The van der Waals surface area contributed by atoms with Crippen molar-refractivity contribution in [2.24, 2.45) is 11.8 Å². The fraction of sp³-hybridized carbons (Fsp3) is 0.917. The number of rotatable bonds is 3. The summed E-state index contributed by atoms with van der Waals surface area (Å²) in [7, 11) is 0. The summed E-state index contributed by atoms with van der Waals surface area (Å²) in [6.07, 6.45) is 3.59. The van der Waals surface area contributed by atoms with E-state index in [0.29, 0.717) is 5.92 Å². The van der Waals surface area contributed by atoms with Gasteiger partial charge in [0, 0.05) is 32.2 Å². The largest absolute Gasteiger partial charge is 0.481 e. The normalized spacial score (nSPS) is 39.6. The van der Waals surface area contributed by atoms with E-state index in [1.54, 1.807) is 0 Å². The van der Waals surface area contributed by atoms with Gasteiger partial charge in [0.1, 0.15) is 0 Å². The standard InChI is InChI=1S/C12H20N2O2/c15-12(16)11-6-9(11)7-13-4-5-14-3-1-2-10(14)8-13/h9-11H,1-8H2,(H,15,16). The fourth-order valence-corrected chi connectivity index (χ4v) is 3.30. The predicted molar refractivity (Wildman–Crippen MR) is 60.3 cm³/mol. The average Bonchev–Trinajstić information content (AvgIpc) is 2.87. The molecule has 4 nitrogen and oxygen atoms in total. The van der Waals surface area contributed by atoms with Crippen LogP contribution in [0.5, 0.6) is 0 Å². The first-order valence-electron chi connectivity index (χ1n) is 6.43. The molecule has 4 heteroatoms. The van der Waals surface area contributed by atoms with Crippen molar-refractivity contribution in [1.82, 2.24) is 9.80 Å². The van der Waals surface area contributed by atoms with Gasteiger partial charge in [-0.2, -0.15) is 0 Å². The summed E-state index contributed by atoms with van der Waals surface area (Å²) in [5.74, 6) is -0.198. The van der Waals surface area contributed by atoms with Crippen LogP contribution in [0.15, 0.2) is 0 Å². The number of carbonyl (C=O) groups is 1. The number of carboxylic acid groups (broad SMARTS) is 1. The average molecular weight is 224 g/mol. The van der Waals surface area contributed by atoms with Crippen LogP contribution < -0.4 is 0 Å². The SMILES string of the molecule is O=C(O)C1CC1CN1CCN2CCCC2C1. The molecule has 3 unspecified atom stereocenters. The third-order valence-electron chi connectivity index (χ3n) is 4.40. The van der Waals surface area contributed by atoms with Crippen LogP contribution in [0.25, 0.3) is 0 Å². The fourth-order valence-electron chi connectivity index (χ4n) is 3.30. The molecule has 3 fully saturated rings. The molecule has 0 spiro atoms. The molecule has 0 aromatic heterocycles. The smallest absolute Gasteiger partial charge is 0.306 e. The van der Waals surface area contributed by atoms with E-state index in [0.717, 1.165) is 25.6 Å². The molecule has 2 aliphatic heterocycles. The minimum atomic E-state index is -0.593.